The van der Waals surface area contributed by atoms with Gasteiger partial charge >= 0.3 is 0 Å². The van der Waals surface area contributed by atoms with Gasteiger partial charge in [-0.15, -0.1) is 0 Å². The van der Waals surface area contributed by atoms with Gasteiger partial charge in [0.2, 0.25) is 11.9 Å². The first kappa shape index (κ1) is 16.8. The number of aliphatic hydroxyl groups excluding tert-OH is 3. The first-order valence-electron chi connectivity index (χ1n) is 7.30. The molecule has 5 atom stereocenters. The summed E-state index contributed by atoms with van der Waals surface area (Å²) in [5.41, 5.74) is 0.435. The minimum Gasteiger partial charge on any atom is -0.394 e. The minimum atomic E-state index is -1.26. The van der Waals surface area contributed by atoms with Crippen LogP contribution in [0.3, 0.4) is 0 Å². The summed E-state index contributed by atoms with van der Waals surface area (Å²) in [6.07, 6.45) is -3.71. The van der Waals surface area contributed by atoms with Crippen LogP contribution >= 0.6 is 0 Å². The summed E-state index contributed by atoms with van der Waals surface area (Å²) in [5, 5.41) is 34.7. The normalized spacial score (nSPS) is 32.0. The number of fused-ring (bicyclic) bond motifs is 1. The lowest BCUT2D eigenvalue weighted by Crippen LogP contribution is -2.38. The Morgan fingerprint density at radius 2 is 2.25 bits per heavy atom. The van der Waals surface area contributed by atoms with Crippen molar-refractivity contribution in [2.45, 2.75) is 37.7 Å². The number of nitrogens with one attached hydrogen (secondary N) is 2. The number of aliphatic hydroxyl groups is 3. The number of carbonyl (C=O) groups excluding carboxylic acids is 1. The molecule has 1 unspecified atom stereocenters. The molecule has 3 rings (SSSR count). The van der Waals surface area contributed by atoms with Crippen LogP contribution in [0.4, 0.5) is 5.82 Å². The van der Waals surface area contributed by atoms with Crippen molar-refractivity contribution in [2.24, 2.45) is 4.99 Å². The van der Waals surface area contributed by atoms with Gasteiger partial charge in [-0.3, -0.25) is 14.7 Å². The second kappa shape index (κ2) is 6.45. The molecule has 1 fully saturated rings. The highest BCUT2D eigenvalue weighted by Crippen LogP contribution is 2.36. The summed E-state index contributed by atoms with van der Waals surface area (Å²) in [6, 6.07) is 0. The molecular weight excluding hydrogens is 322 g/mol. The minimum absolute atomic E-state index is 0.162. The first-order valence-corrected chi connectivity index (χ1v) is 7.30. The number of aliphatic imine (C=N–C) groups is 1. The Labute approximate surface area is 136 Å². The van der Waals surface area contributed by atoms with E-state index in [0.29, 0.717) is 11.5 Å². The van der Waals surface area contributed by atoms with Crippen LogP contribution in [-0.4, -0.2) is 68.8 Å². The Morgan fingerprint density at radius 1 is 1.50 bits per heavy atom. The number of nitrogens with zero attached hydrogens (tertiary/aromatic N) is 3. The highest BCUT2D eigenvalue weighted by molar-refractivity contribution is 6.04. The molecule has 11 nitrogen and oxygen atoms in total. The Hall–Kier alpha value is -2.05. The van der Waals surface area contributed by atoms with Crippen molar-refractivity contribution in [3.8, 4) is 0 Å². The summed E-state index contributed by atoms with van der Waals surface area (Å²) >= 11 is 0. The van der Waals surface area contributed by atoms with Crippen LogP contribution in [0.2, 0.25) is 0 Å². The standard InChI is InChI=1S/C13H19N5O6/c1-5(20)15-13-16-10-7(11(17-13)23-2)14-4-18(10)12-9(22)8(21)6(3-19)24-12/h4,6,8-9,11-12,19,21-22H,3H2,1-2H3,(H2,15,16,17,20)/t6-,8-,9-,11?,12-/m1/s1. The first-order chi connectivity index (χ1) is 11.5. The lowest BCUT2D eigenvalue weighted by Gasteiger charge is -2.24. The van der Waals surface area contributed by atoms with Crippen molar-refractivity contribution >= 4 is 17.7 Å². The van der Waals surface area contributed by atoms with Gasteiger partial charge in [0.15, 0.2) is 12.5 Å². The van der Waals surface area contributed by atoms with Gasteiger partial charge in [-0.2, -0.15) is 0 Å². The van der Waals surface area contributed by atoms with E-state index >= 15 is 0 Å². The predicted molar refractivity (Wildman–Crippen MR) is 79.9 cm³/mol. The molecule has 0 aliphatic carbocycles. The van der Waals surface area contributed by atoms with Crippen molar-refractivity contribution in [1.29, 1.82) is 0 Å². The van der Waals surface area contributed by atoms with Crippen LogP contribution in [0, 0.1) is 0 Å². The van der Waals surface area contributed by atoms with Gasteiger partial charge in [0.05, 0.1) is 12.9 Å². The Balaban J connectivity index is 1.92. The Kier molecular flexibility index (Phi) is 4.51. The lowest BCUT2D eigenvalue weighted by atomic mass is 10.1. The van der Waals surface area contributed by atoms with Crippen molar-refractivity contribution < 1.29 is 29.6 Å². The maximum atomic E-state index is 11.3. The second-order valence-corrected chi connectivity index (χ2v) is 5.49. The summed E-state index contributed by atoms with van der Waals surface area (Å²) in [6.45, 7) is 0.906. The molecule has 3 heterocycles. The van der Waals surface area contributed by atoms with Crippen LogP contribution in [0.25, 0.3) is 0 Å². The molecule has 1 saturated heterocycles. The predicted octanol–water partition coefficient (Wildman–Crippen LogP) is -1.94. The van der Waals surface area contributed by atoms with Gasteiger partial charge < -0.3 is 30.1 Å². The van der Waals surface area contributed by atoms with Crippen LogP contribution in [0.15, 0.2) is 11.3 Å². The van der Waals surface area contributed by atoms with Gasteiger partial charge in [0.1, 0.15) is 29.8 Å². The third-order valence-corrected chi connectivity index (χ3v) is 3.85. The molecular formula is C13H19N5O6. The van der Waals surface area contributed by atoms with Gasteiger partial charge in [0, 0.05) is 14.0 Å². The van der Waals surface area contributed by atoms with Crippen LogP contribution in [0.1, 0.15) is 25.1 Å². The zero-order valence-electron chi connectivity index (χ0n) is 13.1. The average molecular weight is 341 g/mol. The summed E-state index contributed by atoms with van der Waals surface area (Å²) in [5.74, 6) is 0.240. The van der Waals surface area contributed by atoms with E-state index in [1.165, 1.54) is 24.9 Å². The maximum absolute atomic E-state index is 11.3. The fourth-order valence-corrected chi connectivity index (χ4v) is 2.71. The quantitative estimate of drug-likeness (QED) is 0.426. The highest BCUT2D eigenvalue weighted by Gasteiger charge is 2.45. The molecule has 0 spiro atoms. The molecule has 11 heteroatoms. The largest absolute Gasteiger partial charge is 0.394 e. The molecule has 2 aliphatic rings. The molecule has 5 N–H and O–H groups in total. The number of imidazole rings is 1. The van der Waals surface area contributed by atoms with Gasteiger partial charge in [0.25, 0.3) is 0 Å². The number of carbonyl (C=O) groups is 1. The molecule has 132 valence electrons. The molecule has 0 saturated carbocycles. The van der Waals surface area contributed by atoms with E-state index in [-0.39, 0.29) is 11.9 Å². The van der Waals surface area contributed by atoms with E-state index in [0.717, 1.165) is 0 Å². The monoisotopic (exact) mass is 341 g/mol. The highest BCUT2D eigenvalue weighted by atomic mass is 16.6. The topological polar surface area (TPSA) is 150 Å². The van der Waals surface area contributed by atoms with E-state index < -0.39 is 37.4 Å². The van der Waals surface area contributed by atoms with E-state index in [4.69, 9.17) is 9.47 Å². The zero-order valence-corrected chi connectivity index (χ0v) is 13.1. The summed E-state index contributed by atoms with van der Waals surface area (Å²) in [7, 11) is 1.44. The fraction of sp³-hybridized carbons (Fsp3) is 0.615. The van der Waals surface area contributed by atoms with Gasteiger partial charge in [-0.1, -0.05) is 0 Å². The molecule has 0 aromatic carbocycles. The van der Waals surface area contributed by atoms with E-state index in [9.17, 15) is 20.1 Å². The lowest BCUT2D eigenvalue weighted by molar-refractivity contribution is -0.117. The Bertz CT molecular complexity index is 661. The van der Waals surface area contributed by atoms with E-state index in [2.05, 4.69) is 20.6 Å². The Morgan fingerprint density at radius 3 is 2.83 bits per heavy atom. The smallest absolute Gasteiger partial charge is 0.223 e. The molecule has 1 aromatic rings. The molecule has 24 heavy (non-hydrogen) atoms. The fourth-order valence-electron chi connectivity index (χ4n) is 2.71. The van der Waals surface area contributed by atoms with Crippen LogP contribution < -0.4 is 10.6 Å². The maximum Gasteiger partial charge on any atom is 0.223 e. The molecule has 1 aromatic heterocycles. The van der Waals surface area contributed by atoms with E-state index in [1.54, 1.807) is 0 Å². The number of guanidine groups is 1. The molecule has 1 amide bonds. The molecule has 0 radical (unpaired) electrons. The van der Waals surface area contributed by atoms with Gasteiger partial charge in [-0.05, 0) is 0 Å². The SMILES string of the molecule is COC1N=C(NC(C)=O)Nc2c1ncn2[C@@H]1O[C@H](CO)[C@@H](O)[C@H]1O. The molecule has 2 aliphatic heterocycles. The van der Waals surface area contributed by atoms with Crippen molar-refractivity contribution in [3.63, 3.8) is 0 Å². The summed E-state index contributed by atoms with van der Waals surface area (Å²) < 4.78 is 12.2. The number of hydrogen-bond donors (Lipinski definition) is 5. The third-order valence-electron chi connectivity index (χ3n) is 3.85. The number of anilines is 1. The van der Waals surface area contributed by atoms with E-state index in [1.807, 2.05) is 0 Å². The van der Waals surface area contributed by atoms with Crippen molar-refractivity contribution in [3.05, 3.63) is 12.0 Å². The number of amides is 1. The van der Waals surface area contributed by atoms with Crippen LogP contribution in [-0.2, 0) is 14.3 Å². The van der Waals surface area contributed by atoms with Crippen molar-refractivity contribution in [2.75, 3.05) is 19.0 Å². The number of aromatic nitrogens is 2. The third kappa shape index (κ3) is 2.76. The number of hydrogen-bond acceptors (Lipinski definition) is 9. The van der Waals surface area contributed by atoms with Crippen LogP contribution in [0.5, 0.6) is 0 Å². The molecule has 0 bridgehead atoms. The second-order valence-electron chi connectivity index (χ2n) is 5.49. The zero-order chi connectivity index (χ0) is 17.4. The van der Waals surface area contributed by atoms with Crippen molar-refractivity contribution in [1.82, 2.24) is 14.9 Å². The summed E-state index contributed by atoms with van der Waals surface area (Å²) in [4.78, 5) is 19.6. The number of ether oxygens (including phenoxy) is 2. The number of rotatable bonds is 3. The average Bonchev–Trinajstić information content (AvgIpc) is 3.08. The number of methoxy groups -OCH3 is 1. The van der Waals surface area contributed by atoms with Gasteiger partial charge in [-0.25, -0.2) is 9.98 Å².